The molecule has 0 unspecified atom stereocenters. The minimum Gasteiger partial charge on any atom is -0.496 e. The molecule has 3 rings (SSSR count). The summed E-state index contributed by atoms with van der Waals surface area (Å²) >= 11 is 0. The SMILES string of the molecule is COc1ccccc1[C@H](C)NC(=O)[C@H]1CCN(c2ccc(F)c(F)c2)C1=O. The van der Waals surface area contributed by atoms with E-state index < -0.39 is 29.4 Å². The normalized spacial score (nSPS) is 17.7. The molecule has 0 aromatic heterocycles. The van der Waals surface area contributed by atoms with Gasteiger partial charge < -0.3 is 15.0 Å². The predicted molar refractivity (Wildman–Crippen MR) is 96.4 cm³/mol. The van der Waals surface area contributed by atoms with Crippen molar-refractivity contribution in [3.63, 3.8) is 0 Å². The average molecular weight is 374 g/mol. The predicted octanol–water partition coefficient (Wildman–Crippen LogP) is 3.20. The number of benzene rings is 2. The Bertz CT molecular complexity index is 872. The number of anilines is 1. The molecule has 1 fully saturated rings. The average Bonchev–Trinajstić information content (AvgIpc) is 3.05. The molecule has 7 heteroatoms. The third-order valence-corrected chi connectivity index (χ3v) is 4.70. The smallest absolute Gasteiger partial charge is 0.239 e. The number of nitrogens with one attached hydrogen (secondary N) is 1. The third kappa shape index (κ3) is 3.77. The zero-order valence-electron chi connectivity index (χ0n) is 15.0. The summed E-state index contributed by atoms with van der Waals surface area (Å²) in [5, 5.41) is 2.84. The summed E-state index contributed by atoms with van der Waals surface area (Å²) in [5.74, 6) is -3.06. The molecule has 27 heavy (non-hydrogen) atoms. The quantitative estimate of drug-likeness (QED) is 0.818. The van der Waals surface area contributed by atoms with Gasteiger partial charge in [0.2, 0.25) is 11.8 Å². The number of hydrogen-bond donors (Lipinski definition) is 1. The highest BCUT2D eigenvalue weighted by Crippen LogP contribution is 2.28. The van der Waals surface area contributed by atoms with E-state index in [1.165, 1.54) is 11.0 Å². The van der Waals surface area contributed by atoms with Gasteiger partial charge in [-0.25, -0.2) is 8.78 Å². The van der Waals surface area contributed by atoms with E-state index in [9.17, 15) is 18.4 Å². The molecule has 1 saturated heterocycles. The fourth-order valence-electron chi connectivity index (χ4n) is 3.25. The zero-order chi connectivity index (χ0) is 19.6. The van der Waals surface area contributed by atoms with E-state index in [0.29, 0.717) is 12.2 Å². The maximum atomic E-state index is 13.4. The first-order valence-electron chi connectivity index (χ1n) is 8.62. The van der Waals surface area contributed by atoms with Crippen molar-refractivity contribution in [2.24, 2.45) is 5.92 Å². The lowest BCUT2D eigenvalue weighted by atomic mass is 10.0. The zero-order valence-corrected chi connectivity index (χ0v) is 15.0. The lowest BCUT2D eigenvalue weighted by Gasteiger charge is -2.20. The highest BCUT2D eigenvalue weighted by atomic mass is 19.2. The molecule has 0 aliphatic carbocycles. The number of amides is 2. The van der Waals surface area contributed by atoms with Gasteiger partial charge in [0, 0.05) is 23.9 Å². The lowest BCUT2D eigenvalue weighted by Crippen LogP contribution is -2.38. The van der Waals surface area contributed by atoms with Crippen molar-refractivity contribution in [3.05, 3.63) is 59.7 Å². The molecule has 1 aliphatic rings. The summed E-state index contributed by atoms with van der Waals surface area (Å²) in [5.41, 5.74) is 1.04. The number of rotatable bonds is 5. The van der Waals surface area contributed by atoms with Crippen molar-refractivity contribution in [2.75, 3.05) is 18.6 Å². The van der Waals surface area contributed by atoms with Crippen LogP contribution in [0.25, 0.3) is 0 Å². The van der Waals surface area contributed by atoms with Gasteiger partial charge in [-0.15, -0.1) is 0 Å². The van der Waals surface area contributed by atoms with Crippen LogP contribution in [0.1, 0.15) is 24.9 Å². The van der Waals surface area contributed by atoms with Crippen molar-refractivity contribution < 1.29 is 23.1 Å². The Hall–Kier alpha value is -2.96. The molecule has 0 saturated carbocycles. The summed E-state index contributed by atoms with van der Waals surface area (Å²) < 4.78 is 31.8. The van der Waals surface area contributed by atoms with Crippen molar-refractivity contribution in [1.82, 2.24) is 5.32 Å². The van der Waals surface area contributed by atoms with Crippen LogP contribution in [0.15, 0.2) is 42.5 Å². The van der Waals surface area contributed by atoms with Crippen LogP contribution in [-0.2, 0) is 9.59 Å². The van der Waals surface area contributed by atoms with Crippen LogP contribution in [0.4, 0.5) is 14.5 Å². The topological polar surface area (TPSA) is 58.6 Å². The van der Waals surface area contributed by atoms with Crippen LogP contribution in [0.2, 0.25) is 0 Å². The van der Waals surface area contributed by atoms with Crippen LogP contribution in [0.5, 0.6) is 5.75 Å². The van der Waals surface area contributed by atoms with Gasteiger partial charge >= 0.3 is 0 Å². The molecule has 142 valence electrons. The van der Waals surface area contributed by atoms with E-state index in [0.717, 1.165) is 17.7 Å². The summed E-state index contributed by atoms with van der Waals surface area (Å²) in [6.45, 7) is 2.08. The molecular weight excluding hydrogens is 354 g/mol. The molecule has 0 radical (unpaired) electrons. The molecule has 2 amide bonds. The second-order valence-electron chi connectivity index (χ2n) is 6.40. The second kappa shape index (κ2) is 7.73. The van der Waals surface area contributed by atoms with E-state index in [2.05, 4.69) is 5.32 Å². The van der Waals surface area contributed by atoms with Gasteiger partial charge in [-0.1, -0.05) is 18.2 Å². The van der Waals surface area contributed by atoms with Gasteiger partial charge in [-0.3, -0.25) is 9.59 Å². The molecule has 1 heterocycles. The van der Waals surface area contributed by atoms with Gasteiger partial charge in [0.15, 0.2) is 11.6 Å². The first-order chi connectivity index (χ1) is 12.9. The van der Waals surface area contributed by atoms with E-state index in [-0.39, 0.29) is 18.3 Å². The number of carbonyl (C=O) groups is 2. The van der Waals surface area contributed by atoms with Crippen molar-refractivity contribution in [1.29, 1.82) is 0 Å². The molecule has 5 nitrogen and oxygen atoms in total. The Kier molecular flexibility index (Phi) is 5.39. The fraction of sp³-hybridized carbons (Fsp3) is 0.300. The van der Waals surface area contributed by atoms with Crippen molar-refractivity contribution in [2.45, 2.75) is 19.4 Å². The van der Waals surface area contributed by atoms with Gasteiger partial charge in [-0.2, -0.15) is 0 Å². The number of hydrogen-bond acceptors (Lipinski definition) is 3. The second-order valence-corrected chi connectivity index (χ2v) is 6.40. The molecular formula is C20H20F2N2O3. The Balaban J connectivity index is 1.70. The summed E-state index contributed by atoms with van der Waals surface area (Å²) in [7, 11) is 1.55. The molecule has 0 spiro atoms. The first kappa shape index (κ1) is 18.8. The maximum absolute atomic E-state index is 13.4. The highest BCUT2D eigenvalue weighted by molar-refractivity contribution is 6.09. The van der Waals surface area contributed by atoms with E-state index in [1.54, 1.807) is 13.2 Å². The van der Waals surface area contributed by atoms with Gasteiger partial charge in [-0.05, 0) is 31.5 Å². The fourth-order valence-corrected chi connectivity index (χ4v) is 3.25. The number of ether oxygens (including phenoxy) is 1. The largest absolute Gasteiger partial charge is 0.496 e. The van der Waals surface area contributed by atoms with Crippen molar-refractivity contribution >= 4 is 17.5 Å². The lowest BCUT2D eigenvalue weighted by molar-refractivity contribution is -0.132. The summed E-state index contributed by atoms with van der Waals surface area (Å²) in [4.78, 5) is 26.5. The molecule has 2 atom stereocenters. The number of carbonyl (C=O) groups excluding carboxylic acids is 2. The molecule has 2 aromatic carbocycles. The third-order valence-electron chi connectivity index (χ3n) is 4.70. The maximum Gasteiger partial charge on any atom is 0.239 e. The van der Waals surface area contributed by atoms with Crippen LogP contribution < -0.4 is 15.0 Å². The van der Waals surface area contributed by atoms with Crippen LogP contribution in [0, 0.1) is 17.6 Å². The number of para-hydroxylation sites is 1. The Morgan fingerprint density at radius 1 is 1.22 bits per heavy atom. The van der Waals surface area contributed by atoms with E-state index in [1.807, 2.05) is 25.1 Å². The Morgan fingerprint density at radius 3 is 2.67 bits per heavy atom. The van der Waals surface area contributed by atoms with Crippen LogP contribution in [0.3, 0.4) is 0 Å². The van der Waals surface area contributed by atoms with Crippen LogP contribution >= 0.6 is 0 Å². The summed E-state index contributed by atoms with van der Waals surface area (Å²) in [6.07, 6.45) is 0.308. The van der Waals surface area contributed by atoms with E-state index in [4.69, 9.17) is 4.74 Å². The molecule has 0 bridgehead atoms. The van der Waals surface area contributed by atoms with Gasteiger partial charge in [0.05, 0.1) is 13.2 Å². The van der Waals surface area contributed by atoms with Gasteiger partial charge in [0.25, 0.3) is 0 Å². The molecule has 1 aliphatic heterocycles. The summed E-state index contributed by atoms with van der Waals surface area (Å²) in [6, 6.07) is 10.2. The monoisotopic (exact) mass is 374 g/mol. The molecule has 2 aromatic rings. The van der Waals surface area contributed by atoms with Crippen molar-refractivity contribution in [3.8, 4) is 5.75 Å². The number of halogens is 2. The minimum absolute atomic E-state index is 0.243. The number of methoxy groups -OCH3 is 1. The Morgan fingerprint density at radius 2 is 1.96 bits per heavy atom. The number of nitrogens with zero attached hydrogens (tertiary/aromatic N) is 1. The first-order valence-corrected chi connectivity index (χ1v) is 8.62. The minimum atomic E-state index is -1.03. The Labute approximate surface area is 155 Å². The van der Waals surface area contributed by atoms with E-state index >= 15 is 0 Å². The van der Waals surface area contributed by atoms with Gasteiger partial charge in [0.1, 0.15) is 11.7 Å². The highest BCUT2D eigenvalue weighted by Gasteiger charge is 2.38. The van der Waals surface area contributed by atoms with Crippen LogP contribution in [-0.4, -0.2) is 25.5 Å². The standard InChI is InChI=1S/C20H20F2N2O3/c1-12(14-5-3-4-6-18(14)27-2)23-19(25)15-9-10-24(20(15)26)13-7-8-16(21)17(22)11-13/h3-8,11-12,15H,9-10H2,1-2H3,(H,23,25)/t12-,15+/m0/s1. The molecule has 1 N–H and O–H groups in total.